The van der Waals surface area contributed by atoms with Gasteiger partial charge in [-0.05, 0) is 59.3 Å². The molecule has 0 aromatic heterocycles. The van der Waals surface area contributed by atoms with Gasteiger partial charge in [0.1, 0.15) is 6.04 Å². The molecule has 5 nitrogen and oxygen atoms in total. The van der Waals surface area contributed by atoms with Gasteiger partial charge in [-0.1, -0.05) is 12.1 Å². The molecule has 2 rings (SSSR count). The van der Waals surface area contributed by atoms with Crippen LogP contribution < -0.4 is 10.6 Å². The van der Waals surface area contributed by atoms with Gasteiger partial charge in [0.15, 0.2) is 0 Å². The van der Waals surface area contributed by atoms with Crippen molar-refractivity contribution in [3.8, 4) is 0 Å². The molecule has 7 heteroatoms. The first-order valence-corrected chi connectivity index (χ1v) is 10.2. The number of rotatable bonds is 8. The molecule has 2 atom stereocenters. The number of hydrogen-bond donors (Lipinski definition) is 2. The fourth-order valence-corrected chi connectivity index (χ4v) is 3.47. The SMILES string of the molecule is CSCC[C@H](NC(=O)c1ccccc1Br)C(=O)NC[C@@H]1CCCO1. The summed E-state index contributed by atoms with van der Waals surface area (Å²) in [4.78, 5) is 24.9. The predicted octanol–water partition coefficient (Wildman–Crippen LogP) is 2.60. The van der Waals surface area contributed by atoms with Crippen molar-refractivity contribution >= 4 is 39.5 Å². The van der Waals surface area contributed by atoms with Crippen LogP contribution in [0.5, 0.6) is 0 Å². The van der Waals surface area contributed by atoms with E-state index in [-0.39, 0.29) is 17.9 Å². The van der Waals surface area contributed by atoms with Gasteiger partial charge in [0.25, 0.3) is 5.91 Å². The van der Waals surface area contributed by atoms with Crippen molar-refractivity contribution in [1.82, 2.24) is 10.6 Å². The molecule has 132 valence electrons. The second-order valence-corrected chi connectivity index (χ2v) is 7.51. The number of nitrogens with one attached hydrogen (secondary N) is 2. The lowest BCUT2D eigenvalue weighted by Crippen LogP contribution is -2.48. The minimum absolute atomic E-state index is 0.0918. The molecule has 1 aliphatic rings. The van der Waals surface area contributed by atoms with Gasteiger partial charge in [-0.2, -0.15) is 11.8 Å². The number of amides is 2. The summed E-state index contributed by atoms with van der Waals surface area (Å²) in [5.41, 5.74) is 0.526. The summed E-state index contributed by atoms with van der Waals surface area (Å²) in [5.74, 6) is 0.398. The number of benzene rings is 1. The molecule has 0 unspecified atom stereocenters. The summed E-state index contributed by atoms with van der Waals surface area (Å²) in [6, 6.07) is 6.64. The third kappa shape index (κ3) is 5.79. The Balaban J connectivity index is 1.94. The molecule has 0 saturated carbocycles. The lowest BCUT2D eigenvalue weighted by Gasteiger charge is -2.20. The first-order chi connectivity index (χ1) is 11.6. The maximum atomic E-state index is 12.5. The van der Waals surface area contributed by atoms with E-state index in [0.29, 0.717) is 23.0 Å². The molecule has 2 amide bonds. The van der Waals surface area contributed by atoms with E-state index in [1.165, 1.54) is 0 Å². The zero-order valence-corrected chi connectivity index (χ0v) is 16.1. The van der Waals surface area contributed by atoms with Gasteiger partial charge in [-0.15, -0.1) is 0 Å². The van der Waals surface area contributed by atoms with Crippen molar-refractivity contribution in [2.75, 3.05) is 25.2 Å². The lowest BCUT2D eigenvalue weighted by molar-refractivity contribution is -0.123. The van der Waals surface area contributed by atoms with Gasteiger partial charge in [0.2, 0.25) is 5.91 Å². The highest BCUT2D eigenvalue weighted by molar-refractivity contribution is 9.10. The van der Waals surface area contributed by atoms with Crippen LogP contribution in [0.25, 0.3) is 0 Å². The second kappa shape index (κ2) is 10.1. The number of halogens is 1. The summed E-state index contributed by atoms with van der Waals surface area (Å²) in [6.45, 7) is 1.26. The van der Waals surface area contributed by atoms with Crippen LogP contribution in [0.3, 0.4) is 0 Å². The monoisotopic (exact) mass is 414 g/mol. The van der Waals surface area contributed by atoms with Crippen LogP contribution in [0.1, 0.15) is 29.6 Å². The maximum absolute atomic E-state index is 12.5. The van der Waals surface area contributed by atoms with Gasteiger partial charge < -0.3 is 15.4 Å². The fraction of sp³-hybridized carbons (Fsp3) is 0.529. The van der Waals surface area contributed by atoms with E-state index in [9.17, 15) is 9.59 Å². The molecule has 24 heavy (non-hydrogen) atoms. The van der Waals surface area contributed by atoms with Crippen molar-refractivity contribution < 1.29 is 14.3 Å². The number of ether oxygens (including phenoxy) is 1. The molecule has 1 fully saturated rings. The van der Waals surface area contributed by atoms with Gasteiger partial charge in [0, 0.05) is 17.6 Å². The molecule has 1 saturated heterocycles. The Hall–Kier alpha value is -1.05. The van der Waals surface area contributed by atoms with Gasteiger partial charge in [-0.3, -0.25) is 9.59 Å². The number of thioether (sulfide) groups is 1. The topological polar surface area (TPSA) is 67.4 Å². The minimum atomic E-state index is -0.543. The molecular formula is C17H23BrN2O3S. The zero-order chi connectivity index (χ0) is 17.4. The molecule has 0 radical (unpaired) electrons. The van der Waals surface area contributed by atoms with E-state index in [1.54, 1.807) is 23.9 Å². The molecule has 1 aromatic rings. The van der Waals surface area contributed by atoms with E-state index in [0.717, 1.165) is 25.2 Å². The number of carbonyl (C=O) groups is 2. The smallest absolute Gasteiger partial charge is 0.253 e. The molecule has 0 aliphatic carbocycles. The first-order valence-electron chi connectivity index (χ1n) is 8.05. The Bertz CT molecular complexity index is 565. The van der Waals surface area contributed by atoms with Crippen LogP contribution in [0.15, 0.2) is 28.7 Å². The Morgan fingerprint density at radius 3 is 2.88 bits per heavy atom. The van der Waals surface area contributed by atoms with Crippen molar-refractivity contribution in [3.05, 3.63) is 34.3 Å². The van der Waals surface area contributed by atoms with E-state index in [4.69, 9.17) is 4.74 Å². The van der Waals surface area contributed by atoms with E-state index in [1.807, 2.05) is 18.4 Å². The third-order valence-corrected chi connectivity index (χ3v) is 5.21. The maximum Gasteiger partial charge on any atom is 0.253 e. The van der Waals surface area contributed by atoms with Crippen LogP contribution in [0, 0.1) is 0 Å². The van der Waals surface area contributed by atoms with Crippen molar-refractivity contribution in [1.29, 1.82) is 0 Å². The van der Waals surface area contributed by atoms with Gasteiger partial charge in [0.05, 0.1) is 11.7 Å². The highest BCUT2D eigenvalue weighted by atomic mass is 79.9. The van der Waals surface area contributed by atoms with E-state index < -0.39 is 6.04 Å². The predicted molar refractivity (Wildman–Crippen MR) is 100 cm³/mol. The van der Waals surface area contributed by atoms with Crippen LogP contribution in [-0.4, -0.2) is 49.1 Å². The van der Waals surface area contributed by atoms with Gasteiger partial charge in [-0.25, -0.2) is 0 Å². The lowest BCUT2D eigenvalue weighted by atomic mass is 10.1. The number of carbonyl (C=O) groups excluding carboxylic acids is 2. The Morgan fingerprint density at radius 1 is 1.42 bits per heavy atom. The van der Waals surface area contributed by atoms with Crippen molar-refractivity contribution in [3.63, 3.8) is 0 Å². The molecule has 1 aliphatic heterocycles. The summed E-state index contributed by atoms with van der Waals surface area (Å²) < 4.78 is 6.23. The average molecular weight is 415 g/mol. The average Bonchev–Trinajstić information content (AvgIpc) is 3.10. The normalized spacial score (nSPS) is 18.2. The van der Waals surface area contributed by atoms with Gasteiger partial charge >= 0.3 is 0 Å². The molecule has 1 heterocycles. The minimum Gasteiger partial charge on any atom is -0.376 e. The molecule has 1 aromatic carbocycles. The summed E-state index contributed by atoms with van der Waals surface area (Å²) in [5, 5.41) is 5.75. The standard InChI is InChI=1S/C17H23BrN2O3S/c1-24-10-8-15(17(22)19-11-12-5-4-9-23-12)20-16(21)13-6-2-3-7-14(13)18/h2-3,6-7,12,15H,4-5,8-11H2,1H3,(H,19,22)(H,20,21)/t12-,15-/m0/s1. The third-order valence-electron chi connectivity index (χ3n) is 3.88. The largest absolute Gasteiger partial charge is 0.376 e. The Morgan fingerprint density at radius 2 is 2.21 bits per heavy atom. The number of hydrogen-bond acceptors (Lipinski definition) is 4. The van der Waals surface area contributed by atoms with Crippen molar-refractivity contribution in [2.24, 2.45) is 0 Å². The van der Waals surface area contributed by atoms with Crippen LogP contribution >= 0.6 is 27.7 Å². The molecule has 0 bridgehead atoms. The second-order valence-electron chi connectivity index (χ2n) is 5.67. The van der Waals surface area contributed by atoms with Crippen molar-refractivity contribution in [2.45, 2.75) is 31.4 Å². The van der Waals surface area contributed by atoms with Crippen LogP contribution in [-0.2, 0) is 9.53 Å². The van der Waals surface area contributed by atoms with Crippen LogP contribution in [0.4, 0.5) is 0 Å². The fourth-order valence-electron chi connectivity index (χ4n) is 2.53. The summed E-state index contributed by atoms with van der Waals surface area (Å²) in [6.07, 6.45) is 4.68. The Kier molecular flexibility index (Phi) is 8.08. The quantitative estimate of drug-likeness (QED) is 0.685. The first kappa shape index (κ1) is 19.3. The van der Waals surface area contributed by atoms with E-state index in [2.05, 4.69) is 26.6 Å². The Labute approximate surface area is 155 Å². The molecule has 0 spiro atoms. The zero-order valence-electron chi connectivity index (χ0n) is 13.7. The molecule has 2 N–H and O–H groups in total. The molecular weight excluding hydrogens is 392 g/mol. The summed E-state index contributed by atoms with van der Waals surface area (Å²) >= 11 is 5.02. The summed E-state index contributed by atoms with van der Waals surface area (Å²) in [7, 11) is 0. The highest BCUT2D eigenvalue weighted by Gasteiger charge is 2.23. The highest BCUT2D eigenvalue weighted by Crippen LogP contribution is 2.16. The van der Waals surface area contributed by atoms with Crippen LogP contribution in [0.2, 0.25) is 0 Å². The van der Waals surface area contributed by atoms with E-state index >= 15 is 0 Å².